The monoisotopic (exact) mass is 452 g/mol. The molecule has 1 aromatic rings. The van der Waals surface area contributed by atoms with Crippen molar-refractivity contribution in [3.05, 3.63) is 48.1 Å². The van der Waals surface area contributed by atoms with Crippen LogP contribution in [0.2, 0.25) is 0 Å². The molecule has 1 saturated heterocycles. The van der Waals surface area contributed by atoms with Crippen LogP contribution in [0.15, 0.2) is 42.0 Å². The Balaban J connectivity index is 1.58. The molecule has 2 amide bonds. The summed E-state index contributed by atoms with van der Waals surface area (Å²) >= 11 is 0. The lowest BCUT2D eigenvalue weighted by Gasteiger charge is -2.16. The molecule has 4 rings (SSSR count). The molecule has 1 aliphatic heterocycles. The molecule has 2 fully saturated rings. The number of amides is 2. The highest BCUT2D eigenvalue weighted by molar-refractivity contribution is 6.06. The van der Waals surface area contributed by atoms with E-state index in [-0.39, 0.29) is 48.7 Å². The minimum absolute atomic E-state index is 0.135. The van der Waals surface area contributed by atoms with Gasteiger partial charge in [0, 0.05) is 5.56 Å². The van der Waals surface area contributed by atoms with E-state index in [0.29, 0.717) is 30.1 Å². The molecule has 8 nitrogen and oxygen atoms in total. The number of benzene rings is 1. The number of ether oxygens (including phenoxy) is 3. The Morgan fingerprint density at radius 3 is 2.42 bits per heavy atom. The van der Waals surface area contributed by atoms with E-state index in [4.69, 9.17) is 14.2 Å². The van der Waals surface area contributed by atoms with Gasteiger partial charge in [0.25, 0.3) is 11.8 Å². The van der Waals surface area contributed by atoms with E-state index < -0.39 is 5.97 Å². The van der Waals surface area contributed by atoms with Crippen molar-refractivity contribution >= 4 is 24.0 Å². The van der Waals surface area contributed by atoms with Crippen LogP contribution in [0.5, 0.6) is 11.5 Å². The standard InChI is InChI=1S/C25H28N2O6/c1-4-7-18-10-15(11-19(31-5-2)23(18)33-14-20(28)32-6-3)13-26-27-24(29)21-16-8-9-17(12-16)22(21)25(27)30/h4,8-11,13,16-17,21-22H,1,5-7,12,14H2,2-3H3/t16-,17-,21-,22+/m0/s1. The molecule has 0 radical (unpaired) electrons. The lowest BCUT2D eigenvalue weighted by Crippen LogP contribution is -2.28. The van der Waals surface area contributed by atoms with Crippen molar-refractivity contribution in [2.75, 3.05) is 19.8 Å². The Kier molecular flexibility index (Phi) is 6.62. The second kappa shape index (κ2) is 9.60. The van der Waals surface area contributed by atoms with Crippen molar-refractivity contribution in [1.82, 2.24) is 5.01 Å². The molecule has 0 spiro atoms. The van der Waals surface area contributed by atoms with Crippen LogP contribution in [-0.2, 0) is 25.5 Å². The zero-order chi connectivity index (χ0) is 23.5. The number of fused-ring (bicyclic) bond motifs is 5. The molecule has 0 N–H and O–H groups in total. The molecular formula is C25H28N2O6. The van der Waals surface area contributed by atoms with Gasteiger partial charge in [-0.15, -0.1) is 6.58 Å². The van der Waals surface area contributed by atoms with E-state index in [9.17, 15) is 14.4 Å². The van der Waals surface area contributed by atoms with Crippen LogP contribution in [0.25, 0.3) is 0 Å². The first-order chi connectivity index (χ1) is 16.0. The van der Waals surface area contributed by atoms with E-state index in [1.54, 1.807) is 19.1 Å². The molecule has 2 bridgehead atoms. The average Bonchev–Trinajstić information content (AvgIpc) is 3.47. The molecule has 1 heterocycles. The van der Waals surface area contributed by atoms with Gasteiger partial charge < -0.3 is 14.2 Å². The van der Waals surface area contributed by atoms with Gasteiger partial charge in [-0.3, -0.25) is 9.59 Å². The number of allylic oxidation sites excluding steroid dienone is 3. The SMILES string of the molecule is C=CCc1cc(C=NN2C(=O)[C@@H]3[C@H](C2=O)[C@H]2C=C[C@H]3C2)cc(OCC)c1OCC(=O)OCC. The molecule has 8 heteroatoms. The van der Waals surface area contributed by atoms with Crippen molar-refractivity contribution in [2.24, 2.45) is 28.8 Å². The third kappa shape index (κ3) is 4.29. The third-order valence-corrected chi connectivity index (χ3v) is 6.23. The van der Waals surface area contributed by atoms with Gasteiger partial charge in [0.1, 0.15) is 0 Å². The third-order valence-electron chi connectivity index (χ3n) is 6.23. The summed E-state index contributed by atoms with van der Waals surface area (Å²) in [5.41, 5.74) is 1.37. The zero-order valence-corrected chi connectivity index (χ0v) is 18.9. The van der Waals surface area contributed by atoms with Crippen LogP contribution in [0.4, 0.5) is 0 Å². The van der Waals surface area contributed by atoms with Crippen LogP contribution in [0, 0.1) is 23.7 Å². The maximum absolute atomic E-state index is 12.9. The van der Waals surface area contributed by atoms with Crippen LogP contribution in [0.1, 0.15) is 31.4 Å². The van der Waals surface area contributed by atoms with Crippen molar-refractivity contribution in [3.63, 3.8) is 0 Å². The number of nitrogens with zero attached hydrogens (tertiary/aromatic N) is 2. The van der Waals surface area contributed by atoms with E-state index in [0.717, 1.165) is 17.0 Å². The largest absolute Gasteiger partial charge is 0.490 e. The fourth-order valence-electron chi connectivity index (χ4n) is 4.95. The first-order valence-corrected chi connectivity index (χ1v) is 11.3. The summed E-state index contributed by atoms with van der Waals surface area (Å²) in [6.45, 7) is 7.75. The lowest BCUT2D eigenvalue weighted by molar-refractivity contribution is -0.145. The van der Waals surface area contributed by atoms with E-state index >= 15 is 0 Å². The summed E-state index contributed by atoms with van der Waals surface area (Å²) in [5, 5.41) is 5.26. The molecule has 0 unspecified atom stereocenters. The maximum Gasteiger partial charge on any atom is 0.344 e. The second-order valence-electron chi connectivity index (χ2n) is 8.26. The van der Waals surface area contributed by atoms with Crippen molar-refractivity contribution in [1.29, 1.82) is 0 Å². The van der Waals surface area contributed by atoms with Crippen molar-refractivity contribution in [2.45, 2.75) is 26.7 Å². The van der Waals surface area contributed by atoms with Crippen LogP contribution < -0.4 is 9.47 Å². The van der Waals surface area contributed by atoms with E-state index in [1.165, 1.54) is 6.21 Å². The first kappa shape index (κ1) is 22.8. The molecular weight excluding hydrogens is 424 g/mol. The summed E-state index contributed by atoms with van der Waals surface area (Å²) in [5.74, 6) is -0.402. The normalized spacial score (nSPS) is 25.1. The number of hydrogen-bond donors (Lipinski definition) is 0. The Morgan fingerprint density at radius 2 is 1.82 bits per heavy atom. The van der Waals surface area contributed by atoms with Crippen molar-refractivity contribution < 1.29 is 28.6 Å². The molecule has 4 atom stereocenters. The lowest BCUT2D eigenvalue weighted by atomic mass is 9.85. The summed E-state index contributed by atoms with van der Waals surface area (Å²) < 4.78 is 16.4. The number of esters is 1. The van der Waals surface area contributed by atoms with Gasteiger partial charge in [0.2, 0.25) is 0 Å². The minimum Gasteiger partial charge on any atom is -0.490 e. The van der Waals surface area contributed by atoms with Gasteiger partial charge in [0.05, 0.1) is 31.3 Å². The Morgan fingerprint density at radius 1 is 1.12 bits per heavy atom. The molecule has 3 aliphatic rings. The smallest absolute Gasteiger partial charge is 0.344 e. The predicted octanol–water partition coefficient (Wildman–Crippen LogP) is 2.90. The fraction of sp³-hybridized carbons (Fsp3) is 0.440. The van der Waals surface area contributed by atoms with E-state index in [1.807, 2.05) is 13.0 Å². The average molecular weight is 453 g/mol. The molecule has 0 aromatic heterocycles. The molecule has 1 saturated carbocycles. The molecule has 174 valence electrons. The fourth-order valence-corrected chi connectivity index (χ4v) is 4.95. The highest BCUT2D eigenvalue weighted by Crippen LogP contribution is 2.52. The number of carbonyl (C=O) groups excluding carboxylic acids is 3. The predicted molar refractivity (Wildman–Crippen MR) is 121 cm³/mol. The number of carbonyl (C=O) groups is 3. The number of rotatable bonds is 10. The Labute approximate surface area is 192 Å². The number of imide groups is 1. The first-order valence-electron chi connectivity index (χ1n) is 11.3. The molecule has 2 aliphatic carbocycles. The number of hydrazone groups is 1. The topological polar surface area (TPSA) is 94.5 Å². The highest BCUT2D eigenvalue weighted by Gasteiger charge is 2.59. The summed E-state index contributed by atoms with van der Waals surface area (Å²) in [7, 11) is 0. The quantitative estimate of drug-likeness (QED) is 0.235. The Bertz CT molecular complexity index is 1000. The molecule has 33 heavy (non-hydrogen) atoms. The zero-order valence-electron chi connectivity index (χ0n) is 18.9. The Hall–Kier alpha value is -3.42. The summed E-state index contributed by atoms with van der Waals surface area (Å²) in [6.07, 6.45) is 8.63. The van der Waals surface area contributed by atoms with Crippen LogP contribution in [-0.4, -0.2) is 48.8 Å². The van der Waals surface area contributed by atoms with Gasteiger partial charge in [-0.2, -0.15) is 10.1 Å². The van der Waals surface area contributed by atoms with Crippen LogP contribution in [0.3, 0.4) is 0 Å². The summed E-state index contributed by atoms with van der Waals surface area (Å²) in [6, 6.07) is 3.52. The summed E-state index contributed by atoms with van der Waals surface area (Å²) in [4.78, 5) is 37.5. The van der Waals surface area contributed by atoms with Gasteiger partial charge >= 0.3 is 5.97 Å². The maximum atomic E-state index is 12.9. The second-order valence-corrected chi connectivity index (χ2v) is 8.26. The minimum atomic E-state index is -0.477. The van der Waals surface area contributed by atoms with Gasteiger partial charge in [0.15, 0.2) is 18.1 Å². The number of hydrogen-bond acceptors (Lipinski definition) is 7. The van der Waals surface area contributed by atoms with E-state index in [2.05, 4.69) is 23.8 Å². The van der Waals surface area contributed by atoms with Gasteiger partial charge in [-0.05, 0) is 56.2 Å². The van der Waals surface area contributed by atoms with Crippen LogP contribution >= 0.6 is 0 Å². The molecule has 1 aromatic carbocycles. The highest BCUT2D eigenvalue weighted by atomic mass is 16.6. The van der Waals surface area contributed by atoms with Gasteiger partial charge in [-0.1, -0.05) is 18.2 Å². The van der Waals surface area contributed by atoms with Gasteiger partial charge in [-0.25, -0.2) is 4.79 Å². The van der Waals surface area contributed by atoms with Crippen molar-refractivity contribution in [3.8, 4) is 11.5 Å².